The second kappa shape index (κ2) is 12.1. The van der Waals surface area contributed by atoms with Gasteiger partial charge >= 0.3 is 0 Å². The Bertz CT molecular complexity index is 3400. The largest absolute Gasteiger partial charge is 0.287 e. The van der Waals surface area contributed by atoms with Crippen LogP contribution in [0.2, 0.25) is 0 Å². The highest BCUT2D eigenvalue weighted by Crippen LogP contribution is 2.63. The second-order valence-corrected chi connectivity index (χ2v) is 20.3. The fourth-order valence-corrected chi connectivity index (χ4v) is 16.1. The first-order chi connectivity index (χ1) is 28.8. The van der Waals surface area contributed by atoms with Gasteiger partial charge in [-0.3, -0.25) is 19.2 Å². The molecule has 0 unspecified atom stereocenters. The number of benzene rings is 4. The van der Waals surface area contributed by atoms with E-state index < -0.39 is 0 Å². The molecule has 2 spiro atoms. The van der Waals surface area contributed by atoms with Crippen LogP contribution in [0.3, 0.4) is 0 Å². The molecule has 6 aromatic carbocycles. The minimum Gasteiger partial charge on any atom is -0.287 e. The molecule has 6 nitrogen and oxygen atoms in total. The summed E-state index contributed by atoms with van der Waals surface area (Å²) in [5, 5.41) is 5.63. The second-order valence-electron chi connectivity index (χ2n) is 17.2. The fourth-order valence-electron chi connectivity index (χ4n) is 11.3. The zero-order chi connectivity index (χ0) is 39.4. The lowest BCUT2D eigenvalue weighted by Gasteiger charge is -2.35. The van der Waals surface area contributed by atoms with E-state index in [1.807, 2.05) is 107 Å². The van der Waals surface area contributed by atoms with Crippen LogP contribution in [0, 0.1) is 0 Å². The molecule has 2 fully saturated rings. The van der Waals surface area contributed by atoms with Crippen molar-refractivity contribution < 1.29 is 0 Å². The highest BCUT2D eigenvalue weighted by molar-refractivity contribution is 7.39. The molecule has 13 rings (SSSR count). The zero-order valence-corrected chi connectivity index (χ0v) is 34.4. The van der Waals surface area contributed by atoms with Crippen molar-refractivity contribution in [2.75, 3.05) is 0 Å². The SMILES string of the molecule is O=c1c(=NC2=Cc3sc4c(sc5c6c(sc54)C=C(N=c4c(=O)c5cc7ccccc7cc5c4=O)C64CCCCC4)c3C23CCCCC3)c(=O)c2cc3ccccc3cc12. The van der Waals surface area contributed by atoms with Crippen molar-refractivity contribution >= 4 is 108 Å². The topological polar surface area (TPSA) is 93.0 Å². The van der Waals surface area contributed by atoms with Gasteiger partial charge in [0.25, 0.3) is 0 Å². The summed E-state index contributed by atoms with van der Waals surface area (Å²) in [6, 6.07) is 23.1. The molecule has 59 heavy (non-hydrogen) atoms. The number of hydrogen-bond donors (Lipinski definition) is 0. The molecule has 0 bridgehead atoms. The summed E-state index contributed by atoms with van der Waals surface area (Å²) in [4.78, 5) is 68.3. The number of fused-ring (bicyclic) bond motifs is 13. The molecule has 4 aliphatic carbocycles. The van der Waals surface area contributed by atoms with Crippen molar-refractivity contribution in [3.63, 3.8) is 0 Å². The number of rotatable bonds is 2. The molecule has 0 radical (unpaired) electrons. The lowest BCUT2D eigenvalue weighted by atomic mass is 9.69. The maximum absolute atomic E-state index is 13.9. The Hall–Kier alpha value is -5.48. The van der Waals surface area contributed by atoms with E-state index >= 15 is 0 Å². The van der Waals surface area contributed by atoms with Gasteiger partial charge in [-0.2, -0.15) is 0 Å². The predicted molar refractivity (Wildman–Crippen MR) is 244 cm³/mol. The Balaban J connectivity index is 0.979. The van der Waals surface area contributed by atoms with Crippen LogP contribution in [0.25, 0.3) is 74.0 Å². The third-order valence-corrected chi connectivity index (χ3v) is 18.1. The maximum atomic E-state index is 13.9. The molecule has 3 heterocycles. The zero-order valence-electron chi connectivity index (χ0n) is 31.9. The summed E-state index contributed by atoms with van der Waals surface area (Å²) in [5.41, 5.74) is 2.56. The number of nitrogens with zero attached hydrogens (tertiary/aromatic N) is 2. The summed E-state index contributed by atoms with van der Waals surface area (Å²) in [5.74, 6) is 0. The number of allylic oxidation sites excluding steroid dienone is 2. The van der Waals surface area contributed by atoms with Gasteiger partial charge < -0.3 is 0 Å². The molecular weight excluding hydrogens is 789 g/mol. The van der Waals surface area contributed by atoms with E-state index in [1.54, 1.807) is 0 Å². The Morgan fingerprint density at radius 2 is 0.763 bits per heavy atom. The van der Waals surface area contributed by atoms with Gasteiger partial charge in [-0.15, -0.1) is 34.0 Å². The van der Waals surface area contributed by atoms with Crippen LogP contribution >= 0.6 is 34.0 Å². The molecule has 0 amide bonds. The third kappa shape index (κ3) is 4.50. The van der Waals surface area contributed by atoms with E-state index in [0.29, 0.717) is 21.5 Å². The van der Waals surface area contributed by atoms with E-state index in [-0.39, 0.29) is 43.3 Å². The molecule has 0 aliphatic heterocycles. The molecular formula is C50H34N2O4S3. The smallest absolute Gasteiger partial charge is 0.216 e. The summed E-state index contributed by atoms with van der Waals surface area (Å²) in [6.07, 6.45) is 14.7. The van der Waals surface area contributed by atoms with Crippen LogP contribution in [-0.2, 0) is 10.8 Å². The Morgan fingerprint density at radius 3 is 1.10 bits per heavy atom. The standard InChI is InChI=1S/C50H34N2O4S3/c53-41-29-19-25-11-3-4-12-26(25)20-30(29)42(54)39(41)51-35-23-33-37(49(35)15-7-1-8-16-49)45-47(57-33)48-46(59-45)38-34(58-48)24-36(50(38)17-9-2-10-18-50)52-40-43(55)31-21-27-13-5-6-14-28(27)22-32(31)44(40)56/h3-6,11-14,19-24H,1-2,7-10,15-18H2. The van der Waals surface area contributed by atoms with Crippen molar-refractivity contribution in [1.29, 1.82) is 0 Å². The van der Waals surface area contributed by atoms with Crippen LogP contribution in [0.4, 0.5) is 0 Å². The number of hydrogen-bond acceptors (Lipinski definition) is 9. The van der Waals surface area contributed by atoms with Gasteiger partial charge in [0.05, 0.1) is 30.2 Å². The molecule has 3 aromatic heterocycles. The van der Waals surface area contributed by atoms with E-state index in [2.05, 4.69) is 12.2 Å². The minimum absolute atomic E-state index is 0.0398. The molecule has 4 aliphatic rings. The Labute approximate surface area is 347 Å². The van der Waals surface area contributed by atoms with E-state index in [9.17, 15) is 19.2 Å². The average Bonchev–Trinajstić information content (AvgIpc) is 4.09. The van der Waals surface area contributed by atoms with Crippen LogP contribution in [0.15, 0.2) is 113 Å². The van der Waals surface area contributed by atoms with Crippen molar-refractivity contribution in [3.05, 3.63) is 157 Å². The average molecular weight is 823 g/mol. The first-order valence-corrected chi connectivity index (χ1v) is 23.2. The van der Waals surface area contributed by atoms with Gasteiger partial charge in [0.15, 0.2) is 10.7 Å². The Kier molecular flexibility index (Phi) is 7.03. The van der Waals surface area contributed by atoms with Crippen LogP contribution in [0.5, 0.6) is 0 Å². The van der Waals surface area contributed by atoms with Crippen molar-refractivity contribution in [3.8, 4) is 0 Å². The van der Waals surface area contributed by atoms with Crippen molar-refractivity contribution in [2.45, 2.75) is 75.0 Å². The number of thiophene rings is 3. The van der Waals surface area contributed by atoms with Gasteiger partial charge in [-0.1, -0.05) is 87.1 Å². The van der Waals surface area contributed by atoms with E-state index in [4.69, 9.17) is 9.98 Å². The lowest BCUT2D eigenvalue weighted by molar-refractivity contribution is 0.345. The highest BCUT2D eigenvalue weighted by atomic mass is 32.1. The quantitative estimate of drug-likeness (QED) is 0.174. The van der Waals surface area contributed by atoms with Crippen LogP contribution in [0.1, 0.15) is 85.1 Å². The minimum atomic E-state index is -0.351. The third-order valence-electron chi connectivity index (χ3n) is 14.2. The first kappa shape index (κ1) is 34.4. The summed E-state index contributed by atoms with van der Waals surface area (Å²) < 4.78 is 5.22. The molecule has 286 valence electrons. The molecule has 9 aromatic rings. The van der Waals surface area contributed by atoms with E-state index in [0.717, 1.165) is 97.1 Å². The van der Waals surface area contributed by atoms with Gasteiger partial charge in [0.1, 0.15) is 0 Å². The predicted octanol–water partition coefficient (Wildman–Crippen LogP) is 10.3. The normalized spacial score (nSPS) is 18.2. The molecule has 0 N–H and O–H groups in total. The Morgan fingerprint density at radius 1 is 0.424 bits per heavy atom. The monoisotopic (exact) mass is 822 g/mol. The van der Waals surface area contributed by atoms with Crippen molar-refractivity contribution in [1.82, 2.24) is 0 Å². The lowest BCUT2D eigenvalue weighted by Crippen LogP contribution is -2.35. The highest BCUT2D eigenvalue weighted by Gasteiger charge is 2.49. The van der Waals surface area contributed by atoms with E-state index in [1.165, 1.54) is 39.7 Å². The van der Waals surface area contributed by atoms with Crippen LogP contribution in [-0.4, -0.2) is 0 Å². The van der Waals surface area contributed by atoms with Crippen molar-refractivity contribution in [2.24, 2.45) is 9.98 Å². The molecule has 2 saturated carbocycles. The van der Waals surface area contributed by atoms with Gasteiger partial charge in [-0.25, -0.2) is 9.98 Å². The molecule has 0 atom stereocenters. The fraction of sp³-hybridized carbons (Fsp3) is 0.240. The summed E-state index contributed by atoms with van der Waals surface area (Å²) in [7, 11) is 0. The maximum Gasteiger partial charge on any atom is 0.216 e. The molecule has 0 saturated heterocycles. The summed E-state index contributed by atoms with van der Waals surface area (Å²) >= 11 is 5.53. The summed E-state index contributed by atoms with van der Waals surface area (Å²) in [6.45, 7) is 0. The van der Waals surface area contributed by atoms with Gasteiger partial charge in [0, 0.05) is 53.3 Å². The van der Waals surface area contributed by atoms with Gasteiger partial charge in [0.2, 0.25) is 21.7 Å². The molecule has 9 heteroatoms. The van der Waals surface area contributed by atoms with Crippen LogP contribution < -0.4 is 32.4 Å². The van der Waals surface area contributed by atoms with Gasteiger partial charge in [-0.05, 0) is 83.6 Å². The first-order valence-electron chi connectivity index (χ1n) is 20.7.